The molecule has 0 aliphatic heterocycles. The van der Waals surface area contributed by atoms with Crippen molar-refractivity contribution in [2.45, 2.75) is 26.9 Å². The number of nitrogens with one attached hydrogen (secondary N) is 2. The molecule has 0 aliphatic carbocycles. The molecule has 0 spiro atoms. The maximum Gasteiger partial charge on any atom is 0.265 e. The van der Waals surface area contributed by atoms with E-state index in [2.05, 4.69) is 10.6 Å². The monoisotopic (exact) mass is 422 g/mol. The topological polar surface area (TPSA) is 67.4 Å². The quantitative estimate of drug-likeness (QED) is 0.542. The molecule has 154 valence electrons. The van der Waals surface area contributed by atoms with Gasteiger partial charge in [-0.25, -0.2) is 0 Å². The predicted octanol–water partition coefficient (Wildman–Crippen LogP) is 5.62. The standard InChI is InChI=1S/C24H23ClN2O3/c1-15-5-4-6-22(16(15)2)27-24(29)18-7-13-21(14-8-18)30-17(3)23(28)26-20-11-9-19(25)10-12-20/h4-14,17H,1-3H3,(H,26,28)(H,27,29)/t17-/m0/s1. The van der Waals surface area contributed by atoms with Crippen LogP contribution in [0.1, 0.15) is 28.4 Å². The second kappa shape index (κ2) is 9.46. The highest BCUT2D eigenvalue weighted by molar-refractivity contribution is 6.30. The molecule has 0 heterocycles. The molecule has 5 nitrogen and oxygen atoms in total. The summed E-state index contributed by atoms with van der Waals surface area (Å²) in [4.78, 5) is 24.8. The van der Waals surface area contributed by atoms with Crippen molar-refractivity contribution in [3.05, 3.63) is 88.4 Å². The van der Waals surface area contributed by atoms with Gasteiger partial charge in [0.1, 0.15) is 5.75 Å². The van der Waals surface area contributed by atoms with Gasteiger partial charge in [-0.2, -0.15) is 0 Å². The van der Waals surface area contributed by atoms with Crippen molar-refractivity contribution in [3.8, 4) is 5.75 Å². The minimum Gasteiger partial charge on any atom is -0.481 e. The lowest BCUT2D eigenvalue weighted by molar-refractivity contribution is -0.122. The Morgan fingerprint density at radius 1 is 0.900 bits per heavy atom. The Labute approximate surface area is 181 Å². The summed E-state index contributed by atoms with van der Waals surface area (Å²) in [5, 5.41) is 6.29. The lowest BCUT2D eigenvalue weighted by Crippen LogP contribution is -2.30. The second-order valence-electron chi connectivity index (χ2n) is 6.98. The lowest BCUT2D eigenvalue weighted by atomic mass is 10.1. The highest BCUT2D eigenvalue weighted by Crippen LogP contribution is 2.20. The molecule has 2 amide bonds. The van der Waals surface area contributed by atoms with E-state index in [1.165, 1.54) is 0 Å². The first kappa shape index (κ1) is 21.4. The number of carbonyl (C=O) groups excluding carboxylic acids is 2. The molecule has 2 N–H and O–H groups in total. The molecule has 3 aromatic carbocycles. The Kier molecular flexibility index (Phi) is 6.75. The van der Waals surface area contributed by atoms with E-state index in [1.807, 2.05) is 32.0 Å². The third kappa shape index (κ3) is 5.39. The number of halogens is 1. The predicted molar refractivity (Wildman–Crippen MR) is 120 cm³/mol. The van der Waals surface area contributed by atoms with Crippen LogP contribution in [0.15, 0.2) is 66.7 Å². The Balaban J connectivity index is 1.59. The van der Waals surface area contributed by atoms with Gasteiger partial charge in [-0.05, 0) is 86.5 Å². The summed E-state index contributed by atoms with van der Waals surface area (Å²) in [6, 6.07) is 19.3. The van der Waals surface area contributed by atoms with Crippen LogP contribution < -0.4 is 15.4 Å². The van der Waals surface area contributed by atoms with E-state index < -0.39 is 6.10 Å². The summed E-state index contributed by atoms with van der Waals surface area (Å²) < 4.78 is 5.69. The highest BCUT2D eigenvalue weighted by atomic mass is 35.5. The number of carbonyl (C=O) groups is 2. The van der Waals surface area contributed by atoms with Gasteiger partial charge in [0.25, 0.3) is 11.8 Å². The summed E-state index contributed by atoms with van der Waals surface area (Å²) in [6.07, 6.45) is -0.713. The van der Waals surface area contributed by atoms with Crippen LogP contribution >= 0.6 is 11.6 Å². The van der Waals surface area contributed by atoms with Gasteiger partial charge in [-0.1, -0.05) is 23.7 Å². The molecule has 0 aromatic heterocycles. The number of benzene rings is 3. The summed E-state index contributed by atoms with van der Waals surface area (Å²) >= 11 is 5.85. The normalized spacial score (nSPS) is 11.5. The van der Waals surface area contributed by atoms with Gasteiger partial charge in [-0.15, -0.1) is 0 Å². The van der Waals surface area contributed by atoms with E-state index >= 15 is 0 Å². The number of rotatable bonds is 6. The van der Waals surface area contributed by atoms with Crippen molar-refractivity contribution >= 4 is 34.8 Å². The number of aryl methyl sites for hydroxylation is 1. The van der Waals surface area contributed by atoms with E-state index in [1.54, 1.807) is 55.5 Å². The van der Waals surface area contributed by atoms with Gasteiger partial charge >= 0.3 is 0 Å². The maximum atomic E-state index is 12.5. The van der Waals surface area contributed by atoms with E-state index in [0.717, 1.165) is 16.8 Å². The minimum atomic E-state index is -0.713. The van der Waals surface area contributed by atoms with Gasteiger partial charge in [0, 0.05) is 22.0 Å². The van der Waals surface area contributed by atoms with Gasteiger partial charge in [0.15, 0.2) is 6.10 Å². The number of amides is 2. The van der Waals surface area contributed by atoms with Gasteiger partial charge < -0.3 is 15.4 Å². The van der Waals surface area contributed by atoms with E-state index in [-0.39, 0.29) is 11.8 Å². The van der Waals surface area contributed by atoms with Crippen LogP contribution in [0.3, 0.4) is 0 Å². The summed E-state index contributed by atoms with van der Waals surface area (Å²) in [6.45, 7) is 5.63. The maximum absolute atomic E-state index is 12.5. The van der Waals surface area contributed by atoms with Crippen LogP contribution in [0.2, 0.25) is 5.02 Å². The molecule has 0 unspecified atom stereocenters. The van der Waals surface area contributed by atoms with Crippen LogP contribution in [-0.4, -0.2) is 17.9 Å². The zero-order valence-electron chi connectivity index (χ0n) is 17.0. The van der Waals surface area contributed by atoms with Gasteiger partial charge in [0.2, 0.25) is 0 Å². The first-order valence-corrected chi connectivity index (χ1v) is 9.92. The first-order chi connectivity index (χ1) is 14.3. The molecule has 3 rings (SSSR count). The van der Waals surface area contributed by atoms with Gasteiger partial charge in [-0.3, -0.25) is 9.59 Å². The molecule has 0 bridgehead atoms. The van der Waals surface area contributed by atoms with Crippen molar-refractivity contribution < 1.29 is 14.3 Å². The van der Waals surface area contributed by atoms with Crippen LogP contribution in [0.4, 0.5) is 11.4 Å². The van der Waals surface area contributed by atoms with Crippen LogP contribution in [0.25, 0.3) is 0 Å². The molecule has 0 saturated carbocycles. The van der Waals surface area contributed by atoms with Crippen molar-refractivity contribution in [3.63, 3.8) is 0 Å². The Hall–Kier alpha value is -3.31. The summed E-state index contributed by atoms with van der Waals surface area (Å²) in [7, 11) is 0. The van der Waals surface area contributed by atoms with E-state index in [0.29, 0.717) is 22.0 Å². The zero-order valence-corrected chi connectivity index (χ0v) is 17.8. The number of hydrogen-bond acceptors (Lipinski definition) is 3. The zero-order chi connectivity index (χ0) is 21.7. The van der Waals surface area contributed by atoms with Crippen LogP contribution in [0.5, 0.6) is 5.75 Å². The molecule has 0 aliphatic rings. The third-order valence-electron chi connectivity index (χ3n) is 4.76. The van der Waals surface area contributed by atoms with Crippen molar-refractivity contribution in [2.24, 2.45) is 0 Å². The molecule has 0 radical (unpaired) electrons. The fourth-order valence-electron chi connectivity index (χ4n) is 2.80. The minimum absolute atomic E-state index is 0.205. The number of anilines is 2. The fourth-order valence-corrected chi connectivity index (χ4v) is 2.93. The third-order valence-corrected chi connectivity index (χ3v) is 5.02. The number of ether oxygens (including phenoxy) is 1. The average molecular weight is 423 g/mol. The van der Waals surface area contributed by atoms with Crippen LogP contribution in [0, 0.1) is 13.8 Å². The Bertz CT molecular complexity index is 1050. The van der Waals surface area contributed by atoms with E-state index in [4.69, 9.17) is 16.3 Å². The molecular weight excluding hydrogens is 400 g/mol. The lowest BCUT2D eigenvalue weighted by Gasteiger charge is -2.15. The van der Waals surface area contributed by atoms with Crippen molar-refractivity contribution in [1.29, 1.82) is 0 Å². The second-order valence-corrected chi connectivity index (χ2v) is 7.42. The van der Waals surface area contributed by atoms with Crippen molar-refractivity contribution in [2.75, 3.05) is 10.6 Å². The Morgan fingerprint density at radius 2 is 1.57 bits per heavy atom. The largest absolute Gasteiger partial charge is 0.481 e. The van der Waals surface area contributed by atoms with Crippen molar-refractivity contribution in [1.82, 2.24) is 0 Å². The molecule has 6 heteroatoms. The smallest absolute Gasteiger partial charge is 0.265 e. The highest BCUT2D eigenvalue weighted by Gasteiger charge is 2.15. The molecular formula is C24H23ClN2O3. The molecule has 0 saturated heterocycles. The SMILES string of the molecule is Cc1cccc(NC(=O)c2ccc(O[C@@H](C)C(=O)Nc3ccc(Cl)cc3)cc2)c1C. The molecule has 0 fully saturated rings. The first-order valence-electron chi connectivity index (χ1n) is 9.54. The van der Waals surface area contributed by atoms with E-state index in [9.17, 15) is 9.59 Å². The summed E-state index contributed by atoms with van der Waals surface area (Å²) in [5.74, 6) is 0.00915. The molecule has 1 atom stereocenters. The molecule has 30 heavy (non-hydrogen) atoms. The average Bonchev–Trinajstić information content (AvgIpc) is 2.73. The van der Waals surface area contributed by atoms with Gasteiger partial charge in [0.05, 0.1) is 0 Å². The molecule has 3 aromatic rings. The fraction of sp³-hybridized carbons (Fsp3) is 0.167. The Morgan fingerprint density at radius 3 is 2.23 bits per heavy atom. The van der Waals surface area contributed by atoms with Crippen LogP contribution in [-0.2, 0) is 4.79 Å². The number of hydrogen-bond donors (Lipinski definition) is 2. The summed E-state index contributed by atoms with van der Waals surface area (Å²) in [5.41, 5.74) is 4.07.